The van der Waals surface area contributed by atoms with Gasteiger partial charge >= 0.3 is 0 Å². The molecule has 5 nitrogen and oxygen atoms in total. The van der Waals surface area contributed by atoms with Gasteiger partial charge in [0.05, 0.1) is 17.1 Å². The first-order chi connectivity index (χ1) is 7.71. The van der Waals surface area contributed by atoms with Gasteiger partial charge in [0.15, 0.2) is 0 Å². The first-order valence-corrected chi connectivity index (χ1v) is 6.25. The zero-order valence-electron chi connectivity index (χ0n) is 9.78. The molecule has 1 heterocycles. The van der Waals surface area contributed by atoms with Crippen LogP contribution in [0.4, 0.5) is 0 Å². The summed E-state index contributed by atoms with van der Waals surface area (Å²) in [6.45, 7) is 4.07. The van der Waals surface area contributed by atoms with E-state index in [0.717, 1.165) is 24.2 Å². The van der Waals surface area contributed by atoms with Gasteiger partial charge in [-0.1, -0.05) is 25.6 Å². The third-order valence-corrected chi connectivity index (χ3v) is 2.94. The van der Waals surface area contributed by atoms with Gasteiger partial charge in [-0.15, -0.1) is 5.10 Å². The Hall–Kier alpha value is -1.17. The average Bonchev–Trinajstić information content (AvgIpc) is 2.35. The van der Waals surface area contributed by atoms with Crippen molar-refractivity contribution < 1.29 is 4.79 Å². The molecular formula is C10H16N4OS. The quantitative estimate of drug-likeness (QED) is 0.772. The fourth-order valence-corrected chi connectivity index (χ4v) is 1.86. The van der Waals surface area contributed by atoms with Gasteiger partial charge in [0.2, 0.25) is 11.1 Å². The fraction of sp³-hybridized carbons (Fsp3) is 0.600. The molecule has 6 heteroatoms. The number of nitrogens with zero attached hydrogens (tertiary/aromatic N) is 3. The normalized spacial score (nSPS) is 10.2. The molecule has 0 aliphatic heterocycles. The lowest BCUT2D eigenvalue weighted by atomic mass is 10.2. The molecule has 0 fully saturated rings. The van der Waals surface area contributed by atoms with E-state index in [9.17, 15) is 4.79 Å². The number of rotatable bonds is 5. The van der Waals surface area contributed by atoms with Gasteiger partial charge in [0, 0.05) is 7.05 Å². The van der Waals surface area contributed by atoms with Crippen LogP contribution in [0.1, 0.15) is 25.2 Å². The van der Waals surface area contributed by atoms with Gasteiger partial charge in [0.1, 0.15) is 0 Å². The summed E-state index contributed by atoms with van der Waals surface area (Å²) in [4.78, 5) is 15.4. The van der Waals surface area contributed by atoms with E-state index in [0.29, 0.717) is 10.9 Å². The van der Waals surface area contributed by atoms with Crippen LogP contribution in [0.25, 0.3) is 0 Å². The molecule has 0 aliphatic carbocycles. The topological polar surface area (TPSA) is 67.8 Å². The minimum Gasteiger partial charge on any atom is -0.358 e. The number of hydrogen-bond donors (Lipinski definition) is 1. The lowest BCUT2D eigenvalue weighted by Gasteiger charge is -2.04. The Morgan fingerprint density at radius 3 is 2.50 bits per heavy atom. The van der Waals surface area contributed by atoms with E-state index < -0.39 is 0 Å². The van der Waals surface area contributed by atoms with E-state index in [1.54, 1.807) is 7.05 Å². The molecule has 1 aromatic heterocycles. The summed E-state index contributed by atoms with van der Waals surface area (Å²) >= 11 is 1.31. The van der Waals surface area contributed by atoms with Crippen LogP contribution in [0.5, 0.6) is 0 Å². The Morgan fingerprint density at radius 2 is 1.94 bits per heavy atom. The van der Waals surface area contributed by atoms with Gasteiger partial charge in [-0.25, -0.2) is 4.98 Å². The van der Waals surface area contributed by atoms with E-state index in [-0.39, 0.29) is 5.91 Å². The second-order valence-corrected chi connectivity index (χ2v) is 4.10. The molecule has 0 saturated heterocycles. The van der Waals surface area contributed by atoms with Crippen molar-refractivity contribution in [2.45, 2.75) is 31.8 Å². The van der Waals surface area contributed by atoms with Gasteiger partial charge < -0.3 is 5.32 Å². The van der Waals surface area contributed by atoms with E-state index >= 15 is 0 Å². The van der Waals surface area contributed by atoms with Crippen LogP contribution < -0.4 is 5.32 Å². The van der Waals surface area contributed by atoms with Crippen LogP contribution in [0, 0.1) is 0 Å². The summed E-state index contributed by atoms with van der Waals surface area (Å²) in [7, 11) is 1.61. The molecule has 0 aromatic carbocycles. The number of aryl methyl sites for hydroxylation is 2. The van der Waals surface area contributed by atoms with E-state index in [1.165, 1.54) is 11.8 Å². The molecule has 1 N–H and O–H groups in total. The number of amides is 1. The standard InChI is InChI=1S/C10H16N4OS/c1-4-7-8(5-2)13-14-10(12-7)16-6-9(15)11-3/h4-6H2,1-3H3,(H,11,15). The number of thioether (sulfide) groups is 1. The van der Waals surface area contributed by atoms with Gasteiger partial charge in [-0.3, -0.25) is 4.79 Å². The van der Waals surface area contributed by atoms with Crippen LogP contribution >= 0.6 is 11.8 Å². The summed E-state index contributed by atoms with van der Waals surface area (Å²) in [5, 5.41) is 11.2. The number of carbonyl (C=O) groups excluding carboxylic acids is 1. The van der Waals surface area contributed by atoms with Gasteiger partial charge in [0.25, 0.3) is 0 Å². The summed E-state index contributed by atoms with van der Waals surface area (Å²) in [5.41, 5.74) is 1.91. The van der Waals surface area contributed by atoms with Crippen molar-refractivity contribution in [3.8, 4) is 0 Å². The average molecular weight is 240 g/mol. The molecule has 1 rings (SSSR count). The van der Waals surface area contributed by atoms with Crippen LogP contribution in [-0.2, 0) is 17.6 Å². The van der Waals surface area contributed by atoms with E-state index in [4.69, 9.17) is 0 Å². The van der Waals surface area contributed by atoms with Crippen molar-refractivity contribution >= 4 is 17.7 Å². The highest BCUT2D eigenvalue weighted by Crippen LogP contribution is 2.13. The smallest absolute Gasteiger partial charge is 0.230 e. The number of aromatic nitrogens is 3. The Balaban J connectivity index is 2.71. The maximum absolute atomic E-state index is 11.1. The molecule has 0 bridgehead atoms. The SMILES string of the molecule is CCc1nnc(SCC(=O)NC)nc1CC. The molecule has 1 amide bonds. The van der Waals surface area contributed by atoms with Crippen molar-refractivity contribution in [1.29, 1.82) is 0 Å². The lowest BCUT2D eigenvalue weighted by molar-refractivity contribution is -0.118. The largest absolute Gasteiger partial charge is 0.358 e. The zero-order valence-corrected chi connectivity index (χ0v) is 10.6. The minimum atomic E-state index is -0.0359. The highest BCUT2D eigenvalue weighted by molar-refractivity contribution is 7.99. The molecule has 0 unspecified atom stereocenters. The van der Waals surface area contributed by atoms with Crippen molar-refractivity contribution in [2.24, 2.45) is 0 Å². The van der Waals surface area contributed by atoms with E-state index in [2.05, 4.69) is 20.5 Å². The lowest BCUT2D eigenvalue weighted by Crippen LogP contribution is -2.20. The minimum absolute atomic E-state index is 0.0359. The number of hydrogen-bond acceptors (Lipinski definition) is 5. The van der Waals surface area contributed by atoms with E-state index in [1.807, 2.05) is 13.8 Å². The number of nitrogens with one attached hydrogen (secondary N) is 1. The Kier molecular flexibility index (Phi) is 5.18. The Labute approximate surface area is 99.4 Å². The molecule has 88 valence electrons. The molecule has 0 saturated carbocycles. The van der Waals surface area contributed by atoms with Crippen molar-refractivity contribution in [1.82, 2.24) is 20.5 Å². The van der Waals surface area contributed by atoms with Crippen molar-refractivity contribution in [3.05, 3.63) is 11.4 Å². The number of carbonyl (C=O) groups is 1. The Morgan fingerprint density at radius 1 is 1.25 bits per heavy atom. The predicted octanol–water partition coefficient (Wildman–Crippen LogP) is 0.834. The summed E-state index contributed by atoms with van der Waals surface area (Å²) in [5.74, 6) is 0.290. The third kappa shape index (κ3) is 3.44. The molecular weight excluding hydrogens is 224 g/mol. The highest BCUT2D eigenvalue weighted by Gasteiger charge is 2.08. The van der Waals surface area contributed by atoms with Crippen LogP contribution in [-0.4, -0.2) is 33.9 Å². The maximum Gasteiger partial charge on any atom is 0.230 e. The molecule has 0 radical (unpaired) electrons. The first kappa shape index (κ1) is 12.9. The molecule has 1 aromatic rings. The predicted molar refractivity (Wildman–Crippen MR) is 63.4 cm³/mol. The summed E-state index contributed by atoms with van der Waals surface area (Å²) in [6.07, 6.45) is 1.68. The van der Waals surface area contributed by atoms with Crippen LogP contribution in [0.2, 0.25) is 0 Å². The zero-order chi connectivity index (χ0) is 12.0. The van der Waals surface area contributed by atoms with Gasteiger partial charge in [-0.2, -0.15) is 5.10 Å². The fourth-order valence-electron chi connectivity index (χ4n) is 1.18. The van der Waals surface area contributed by atoms with Crippen LogP contribution in [0.15, 0.2) is 5.16 Å². The van der Waals surface area contributed by atoms with Crippen molar-refractivity contribution in [3.63, 3.8) is 0 Å². The maximum atomic E-state index is 11.1. The van der Waals surface area contributed by atoms with Crippen LogP contribution in [0.3, 0.4) is 0 Å². The second kappa shape index (κ2) is 6.42. The molecule has 16 heavy (non-hydrogen) atoms. The molecule has 0 atom stereocenters. The van der Waals surface area contributed by atoms with Gasteiger partial charge in [-0.05, 0) is 12.8 Å². The third-order valence-electron chi connectivity index (χ3n) is 2.10. The molecule has 0 spiro atoms. The highest BCUT2D eigenvalue weighted by atomic mass is 32.2. The second-order valence-electron chi connectivity index (χ2n) is 3.16. The van der Waals surface area contributed by atoms with Crippen molar-refractivity contribution in [2.75, 3.05) is 12.8 Å². The Bertz CT molecular complexity index is 370. The summed E-state index contributed by atoms with van der Waals surface area (Å²) < 4.78 is 0. The molecule has 0 aliphatic rings. The monoisotopic (exact) mass is 240 g/mol. The first-order valence-electron chi connectivity index (χ1n) is 5.27. The summed E-state index contributed by atoms with van der Waals surface area (Å²) in [6, 6.07) is 0.